The van der Waals surface area contributed by atoms with Crippen LogP contribution in [0.25, 0.3) is 0 Å². The Morgan fingerprint density at radius 3 is 2.62 bits per heavy atom. The number of benzene rings is 1. The predicted molar refractivity (Wildman–Crippen MR) is 101 cm³/mol. The Morgan fingerprint density at radius 2 is 1.92 bits per heavy atom. The second-order valence-corrected chi connectivity index (χ2v) is 7.08. The predicted octanol–water partition coefficient (Wildman–Crippen LogP) is 3.22. The average Bonchev–Trinajstić information content (AvgIpc) is 2.69. The molecule has 2 fully saturated rings. The maximum absolute atomic E-state index is 12.4. The van der Waals surface area contributed by atoms with E-state index in [1.807, 2.05) is 6.07 Å². The molecule has 1 aliphatic heterocycles. The van der Waals surface area contributed by atoms with E-state index >= 15 is 0 Å². The number of nitrogens with zero attached hydrogens (tertiary/aromatic N) is 1. The summed E-state index contributed by atoms with van der Waals surface area (Å²) in [6, 6.07) is 5.54. The summed E-state index contributed by atoms with van der Waals surface area (Å²) in [4.78, 5) is 26.8. The Balaban J connectivity index is 1.72. The number of rotatable bonds is 5. The van der Waals surface area contributed by atoms with Crippen LogP contribution in [0.4, 0.5) is 11.4 Å². The number of ether oxygens (including phenoxy) is 2. The average molecular weight is 360 g/mol. The van der Waals surface area contributed by atoms with Gasteiger partial charge in [-0.1, -0.05) is 19.3 Å². The van der Waals surface area contributed by atoms with Gasteiger partial charge in [-0.25, -0.2) is 4.79 Å². The molecule has 26 heavy (non-hydrogen) atoms. The van der Waals surface area contributed by atoms with Crippen LogP contribution in [0.5, 0.6) is 0 Å². The van der Waals surface area contributed by atoms with E-state index < -0.39 is 5.97 Å². The van der Waals surface area contributed by atoms with E-state index in [1.165, 1.54) is 26.4 Å². The van der Waals surface area contributed by atoms with Crippen molar-refractivity contribution in [2.24, 2.45) is 5.92 Å². The molecule has 0 atom stereocenters. The third-order valence-electron chi connectivity index (χ3n) is 5.26. The topological polar surface area (TPSA) is 67.9 Å². The maximum atomic E-state index is 12.4. The quantitative estimate of drug-likeness (QED) is 0.817. The van der Waals surface area contributed by atoms with Crippen molar-refractivity contribution in [3.63, 3.8) is 0 Å². The number of amides is 1. The van der Waals surface area contributed by atoms with Crippen molar-refractivity contribution in [1.29, 1.82) is 0 Å². The minimum atomic E-state index is -0.437. The number of methoxy groups -OCH3 is 1. The van der Waals surface area contributed by atoms with E-state index in [1.54, 1.807) is 12.1 Å². The molecule has 1 aromatic carbocycles. The first-order chi connectivity index (χ1) is 12.7. The second-order valence-electron chi connectivity index (χ2n) is 7.08. The van der Waals surface area contributed by atoms with Crippen LogP contribution in [0.15, 0.2) is 18.2 Å². The van der Waals surface area contributed by atoms with Crippen molar-refractivity contribution < 1.29 is 19.1 Å². The first-order valence-corrected chi connectivity index (χ1v) is 9.52. The van der Waals surface area contributed by atoms with Crippen molar-refractivity contribution in [3.05, 3.63) is 23.8 Å². The van der Waals surface area contributed by atoms with Gasteiger partial charge in [0.2, 0.25) is 5.91 Å². The molecule has 1 aliphatic carbocycles. The van der Waals surface area contributed by atoms with Crippen molar-refractivity contribution in [1.82, 2.24) is 0 Å². The van der Waals surface area contributed by atoms with E-state index in [0.717, 1.165) is 31.6 Å². The van der Waals surface area contributed by atoms with Gasteiger partial charge in [0.25, 0.3) is 0 Å². The molecule has 142 valence electrons. The van der Waals surface area contributed by atoms with Gasteiger partial charge >= 0.3 is 5.97 Å². The molecule has 6 nitrogen and oxygen atoms in total. The Morgan fingerprint density at radius 1 is 1.19 bits per heavy atom. The molecular weight excluding hydrogens is 332 g/mol. The molecule has 1 N–H and O–H groups in total. The van der Waals surface area contributed by atoms with Crippen LogP contribution in [0.2, 0.25) is 0 Å². The molecule has 0 spiro atoms. The number of carbonyl (C=O) groups excluding carboxylic acids is 2. The highest BCUT2D eigenvalue weighted by atomic mass is 16.5. The van der Waals surface area contributed by atoms with Gasteiger partial charge in [0.1, 0.15) is 0 Å². The zero-order valence-corrected chi connectivity index (χ0v) is 15.5. The SMILES string of the molecule is COC(=O)c1cc(N2CCOCC2)ccc1NC(=O)CC1CCCCC1. The monoisotopic (exact) mass is 360 g/mol. The number of carbonyl (C=O) groups is 2. The highest BCUT2D eigenvalue weighted by Crippen LogP contribution is 2.28. The Kier molecular flexibility index (Phi) is 6.50. The summed E-state index contributed by atoms with van der Waals surface area (Å²) in [5.41, 5.74) is 1.86. The lowest BCUT2D eigenvalue weighted by Crippen LogP contribution is -2.36. The van der Waals surface area contributed by atoms with Crippen molar-refractivity contribution in [2.45, 2.75) is 38.5 Å². The van der Waals surface area contributed by atoms with Gasteiger partial charge in [0, 0.05) is 25.2 Å². The number of hydrogen-bond donors (Lipinski definition) is 1. The molecule has 1 saturated carbocycles. The zero-order valence-electron chi connectivity index (χ0n) is 15.5. The molecule has 1 aromatic rings. The number of hydrogen-bond acceptors (Lipinski definition) is 5. The molecule has 0 unspecified atom stereocenters. The molecule has 0 radical (unpaired) electrons. The van der Waals surface area contributed by atoms with Crippen LogP contribution in [0.3, 0.4) is 0 Å². The fraction of sp³-hybridized carbons (Fsp3) is 0.600. The number of anilines is 2. The summed E-state index contributed by atoms with van der Waals surface area (Å²) in [6.45, 7) is 2.92. The highest BCUT2D eigenvalue weighted by molar-refractivity contribution is 6.02. The van der Waals surface area contributed by atoms with Crippen molar-refractivity contribution in [3.8, 4) is 0 Å². The maximum Gasteiger partial charge on any atom is 0.340 e. The molecule has 2 aliphatic rings. The van der Waals surface area contributed by atoms with Gasteiger partial charge < -0.3 is 19.7 Å². The van der Waals surface area contributed by atoms with Crippen molar-refractivity contribution in [2.75, 3.05) is 43.6 Å². The van der Waals surface area contributed by atoms with Gasteiger partial charge in [0.05, 0.1) is 31.6 Å². The van der Waals surface area contributed by atoms with E-state index in [0.29, 0.717) is 36.8 Å². The first-order valence-electron chi connectivity index (χ1n) is 9.52. The number of esters is 1. The minimum absolute atomic E-state index is 0.0267. The van der Waals surface area contributed by atoms with E-state index in [2.05, 4.69) is 10.2 Å². The molecule has 1 amide bonds. The van der Waals surface area contributed by atoms with Gasteiger partial charge in [0.15, 0.2) is 0 Å². The summed E-state index contributed by atoms with van der Waals surface area (Å²) >= 11 is 0. The second kappa shape index (κ2) is 9.03. The largest absolute Gasteiger partial charge is 0.465 e. The lowest BCUT2D eigenvalue weighted by molar-refractivity contribution is -0.117. The van der Waals surface area contributed by atoms with Gasteiger partial charge in [-0.2, -0.15) is 0 Å². The van der Waals surface area contributed by atoms with Crippen molar-refractivity contribution >= 4 is 23.3 Å². The molecule has 0 aromatic heterocycles. The van der Waals surface area contributed by atoms with E-state index in [9.17, 15) is 9.59 Å². The fourth-order valence-electron chi connectivity index (χ4n) is 3.79. The molecule has 6 heteroatoms. The Bertz CT molecular complexity index is 635. The van der Waals surface area contributed by atoms with Crippen LogP contribution in [0.1, 0.15) is 48.9 Å². The molecular formula is C20H28N2O4. The number of morpholine rings is 1. The highest BCUT2D eigenvalue weighted by Gasteiger charge is 2.21. The fourth-order valence-corrected chi connectivity index (χ4v) is 3.79. The Hall–Kier alpha value is -2.08. The van der Waals surface area contributed by atoms with Gasteiger partial charge in [-0.05, 0) is 37.0 Å². The summed E-state index contributed by atoms with van der Waals surface area (Å²) < 4.78 is 10.3. The summed E-state index contributed by atoms with van der Waals surface area (Å²) in [7, 11) is 1.36. The van der Waals surface area contributed by atoms with Crippen LogP contribution in [0, 0.1) is 5.92 Å². The van der Waals surface area contributed by atoms with Crippen LogP contribution in [-0.4, -0.2) is 45.3 Å². The normalized spacial score (nSPS) is 18.4. The standard InChI is InChI=1S/C20H28N2O4/c1-25-20(24)17-14-16(22-9-11-26-12-10-22)7-8-18(17)21-19(23)13-15-5-3-2-4-6-15/h7-8,14-15H,2-6,9-13H2,1H3,(H,21,23). The van der Waals surface area contributed by atoms with Gasteiger partial charge in [-0.3, -0.25) is 4.79 Å². The lowest BCUT2D eigenvalue weighted by Gasteiger charge is -2.29. The van der Waals surface area contributed by atoms with Crippen LogP contribution in [-0.2, 0) is 14.3 Å². The molecule has 3 rings (SSSR count). The number of nitrogens with one attached hydrogen (secondary N) is 1. The lowest BCUT2D eigenvalue weighted by atomic mass is 9.87. The third-order valence-corrected chi connectivity index (χ3v) is 5.26. The summed E-state index contributed by atoms with van der Waals surface area (Å²) in [5.74, 6) is -0.00722. The van der Waals surface area contributed by atoms with Crippen LogP contribution >= 0.6 is 0 Å². The molecule has 1 heterocycles. The molecule has 0 bridgehead atoms. The zero-order chi connectivity index (χ0) is 18.4. The summed E-state index contributed by atoms with van der Waals surface area (Å²) in [6.07, 6.45) is 6.44. The first kappa shape index (κ1) is 18.7. The Labute approximate surface area is 154 Å². The minimum Gasteiger partial charge on any atom is -0.465 e. The van der Waals surface area contributed by atoms with E-state index in [4.69, 9.17) is 9.47 Å². The smallest absolute Gasteiger partial charge is 0.340 e. The third kappa shape index (κ3) is 4.75. The van der Waals surface area contributed by atoms with Crippen LogP contribution < -0.4 is 10.2 Å². The van der Waals surface area contributed by atoms with E-state index in [-0.39, 0.29) is 5.91 Å². The molecule has 1 saturated heterocycles. The van der Waals surface area contributed by atoms with Gasteiger partial charge in [-0.15, -0.1) is 0 Å². The summed E-state index contributed by atoms with van der Waals surface area (Å²) in [5, 5.41) is 2.92.